The molecule has 0 aromatic carbocycles. The molecule has 9 heteroatoms. The number of hydrogen-bond donors (Lipinski definition) is 2. The molecule has 3 rings (SSSR count). The highest BCUT2D eigenvalue weighted by molar-refractivity contribution is 7.99. The van der Waals surface area contributed by atoms with Crippen LogP contribution >= 0.6 is 11.8 Å². The number of rotatable bonds is 7. The van der Waals surface area contributed by atoms with Crippen molar-refractivity contribution in [1.82, 2.24) is 30.4 Å². The van der Waals surface area contributed by atoms with E-state index in [2.05, 4.69) is 30.4 Å². The maximum absolute atomic E-state index is 12.0. The van der Waals surface area contributed by atoms with Gasteiger partial charge >= 0.3 is 6.03 Å². The Hall–Kier alpha value is -2.42. The van der Waals surface area contributed by atoms with E-state index in [0.717, 1.165) is 30.7 Å². The fourth-order valence-corrected chi connectivity index (χ4v) is 3.19. The molecule has 0 spiro atoms. The SMILES string of the molecule is CC[C@H](C)NC(=O)NC(=O)CSc1nnc(-c2cccnc2)n1C1CC1. The Morgan fingerprint density at radius 3 is 2.85 bits per heavy atom. The summed E-state index contributed by atoms with van der Waals surface area (Å²) in [6, 6.07) is 3.72. The van der Waals surface area contributed by atoms with Gasteiger partial charge in [0.15, 0.2) is 11.0 Å². The van der Waals surface area contributed by atoms with E-state index in [-0.39, 0.29) is 17.7 Å². The van der Waals surface area contributed by atoms with Gasteiger partial charge in [-0.1, -0.05) is 18.7 Å². The lowest BCUT2D eigenvalue weighted by molar-refractivity contribution is -0.117. The second-order valence-electron chi connectivity index (χ2n) is 6.27. The van der Waals surface area contributed by atoms with Gasteiger partial charge in [0.1, 0.15) is 0 Å². The number of hydrogen-bond acceptors (Lipinski definition) is 6. The van der Waals surface area contributed by atoms with E-state index in [4.69, 9.17) is 0 Å². The van der Waals surface area contributed by atoms with Crippen molar-refractivity contribution in [2.75, 3.05) is 5.75 Å². The van der Waals surface area contributed by atoms with E-state index in [9.17, 15) is 9.59 Å². The van der Waals surface area contributed by atoms with Crippen LogP contribution in [0.5, 0.6) is 0 Å². The first-order valence-electron chi connectivity index (χ1n) is 8.67. The van der Waals surface area contributed by atoms with E-state index < -0.39 is 6.03 Å². The van der Waals surface area contributed by atoms with Gasteiger partial charge in [-0.3, -0.25) is 19.7 Å². The number of aromatic nitrogens is 4. The average molecular weight is 374 g/mol. The van der Waals surface area contributed by atoms with Gasteiger partial charge in [0.05, 0.1) is 5.75 Å². The topological polar surface area (TPSA) is 102 Å². The Balaban J connectivity index is 1.63. The van der Waals surface area contributed by atoms with Crippen molar-refractivity contribution >= 4 is 23.7 Å². The van der Waals surface area contributed by atoms with Gasteiger partial charge in [-0.05, 0) is 38.3 Å². The van der Waals surface area contributed by atoms with Gasteiger partial charge in [0.2, 0.25) is 5.91 Å². The molecular weight excluding hydrogens is 352 g/mol. The third-order valence-electron chi connectivity index (χ3n) is 4.07. The van der Waals surface area contributed by atoms with Crippen LogP contribution in [0.2, 0.25) is 0 Å². The number of nitrogens with zero attached hydrogens (tertiary/aromatic N) is 4. The molecule has 1 aliphatic rings. The molecule has 2 aromatic rings. The van der Waals surface area contributed by atoms with Gasteiger partial charge in [-0.2, -0.15) is 0 Å². The lowest BCUT2D eigenvalue weighted by Gasteiger charge is -2.12. The quantitative estimate of drug-likeness (QED) is 0.722. The minimum atomic E-state index is -0.468. The predicted molar refractivity (Wildman–Crippen MR) is 98.7 cm³/mol. The molecule has 0 bridgehead atoms. The van der Waals surface area contributed by atoms with Crippen molar-refractivity contribution in [3.8, 4) is 11.4 Å². The van der Waals surface area contributed by atoms with Crippen LogP contribution in [0.3, 0.4) is 0 Å². The lowest BCUT2D eigenvalue weighted by Crippen LogP contribution is -2.43. The van der Waals surface area contributed by atoms with E-state index >= 15 is 0 Å². The van der Waals surface area contributed by atoms with Gasteiger partial charge in [-0.15, -0.1) is 10.2 Å². The Bertz CT molecular complexity index is 775. The van der Waals surface area contributed by atoms with E-state index in [1.54, 1.807) is 12.4 Å². The van der Waals surface area contributed by atoms with Crippen LogP contribution in [-0.2, 0) is 4.79 Å². The maximum Gasteiger partial charge on any atom is 0.321 e. The standard InChI is InChI=1S/C17H22N6O2S/c1-3-11(2)19-16(25)20-14(24)10-26-17-22-21-15(23(17)13-6-7-13)12-5-4-8-18-9-12/h4-5,8-9,11,13H,3,6-7,10H2,1-2H3,(H2,19,20,24,25)/t11-/m0/s1. The first-order chi connectivity index (χ1) is 12.6. The second-order valence-corrected chi connectivity index (χ2v) is 7.21. The Labute approximate surface area is 156 Å². The Morgan fingerprint density at radius 1 is 1.38 bits per heavy atom. The largest absolute Gasteiger partial charge is 0.335 e. The summed E-state index contributed by atoms with van der Waals surface area (Å²) < 4.78 is 2.06. The summed E-state index contributed by atoms with van der Waals surface area (Å²) in [6.45, 7) is 3.85. The minimum Gasteiger partial charge on any atom is -0.335 e. The summed E-state index contributed by atoms with van der Waals surface area (Å²) in [5, 5.41) is 14.2. The summed E-state index contributed by atoms with van der Waals surface area (Å²) in [5.74, 6) is 0.508. The zero-order valence-corrected chi connectivity index (χ0v) is 15.6. The molecule has 26 heavy (non-hydrogen) atoms. The van der Waals surface area contributed by atoms with E-state index in [1.807, 2.05) is 26.0 Å². The molecule has 1 saturated carbocycles. The van der Waals surface area contributed by atoms with Crippen LogP contribution in [0.25, 0.3) is 11.4 Å². The lowest BCUT2D eigenvalue weighted by atomic mass is 10.3. The van der Waals surface area contributed by atoms with Crippen LogP contribution in [0, 0.1) is 0 Å². The fraction of sp³-hybridized carbons (Fsp3) is 0.471. The number of thioether (sulfide) groups is 1. The molecule has 1 atom stereocenters. The van der Waals surface area contributed by atoms with Gasteiger partial charge in [0, 0.05) is 30.0 Å². The molecule has 2 N–H and O–H groups in total. The zero-order chi connectivity index (χ0) is 18.5. The Kier molecular flexibility index (Phi) is 5.87. The molecule has 138 valence electrons. The molecule has 3 amide bonds. The molecule has 0 saturated heterocycles. The highest BCUT2D eigenvalue weighted by atomic mass is 32.2. The number of imide groups is 1. The smallest absolute Gasteiger partial charge is 0.321 e. The van der Waals surface area contributed by atoms with Crippen molar-refractivity contribution in [1.29, 1.82) is 0 Å². The highest BCUT2D eigenvalue weighted by Gasteiger charge is 2.30. The maximum atomic E-state index is 12.0. The third-order valence-corrected chi connectivity index (χ3v) is 5.01. The molecule has 0 aliphatic heterocycles. The summed E-state index contributed by atoms with van der Waals surface area (Å²) in [7, 11) is 0. The molecular formula is C17H22N6O2S. The zero-order valence-electron chi connectivity index (χ0n) is 14.8. The first kappa shape index (κ1) is 18.4. The third kappa shape index (κ3) is 4.60. The molecule has 0 unspecified atom stereocenters. The van der Waals surface area contributed by atoms with Crippen molar-refractivity contribution in [3.63, 3.8) is 0 Å². The first-order valence-corrected chi connectivity index (χ1v) is 9.65. The molecule has 2 aromatic heterocycles. The van der Waals surface area contributed by atoms with Crippen LogP contribution in [0.15, 0.2) is 29.7 Å². The number of pyridine rings is 1. The number of nitrogens with one attached hydrogen (secondary N) is 2. The van der Waals surface area contributed by atoms with Crippen LogP contribution in [0.4, 0.5) is 4.79 Å². The van der Waals surface area contributed by atoms with Crippen molar-refractivity contribution < 1.29 is 9.59 Å². The Morgan fingerprint density at radius 2 is 2.19 bits per heavy atom. The predicted octanol–water partition coefficient (Wildman–Crippen LogP) is 2.39. The molecule has 0 radical (unpaired) electrons. The van der Waals surface area contributed by atoms with Crippen molar-refractivity contribution in [3.05, 3.63) is 24.5 Å². The summed E-state index contributed by atoms with van der Waals surface area (Å²) in [6.07, 6.45) is 6.41. The van der Waals surface area contributed by atoms with Crippen molar-refractivity contribution in [2.24, 2.45) is 0 Å². The average Bonchev–Trinajstić information content (AvgIpc) is 3.39. The van der Waals surface area contributed by atoms with Crippen LogP contribution in [0.1, 0.15) is 39.2 Å². The van der Waals surface area contributed by atoms with Gasteiger partial charge in [-0.25, -0.2) is 4.79 Å². The summed E-state index contributed by atoms with van der Waals surface area (Å²) in [4.78, 5) is 27.9. The summed E-state index contributed by atoms with van der Waals surface area (Å²) in [5.41, 5.74) is 0.899. The van der Waals surface area contributed by atoms with Gasteiger partial charge in [0.25, 0.3) is 0 Å². The number of amides is 3. The highest BCUT2D eigenvalue weighted by Crippen LogP contribution is 2.40. The molecule has 8 nitrogen and oxygen atoms in total. The molecule has 1 fully saturated rings. The molecule has 1 aliphatic carbocycles. The number of carbonyl (C=O) groups excluding carboxylic acids is 2. The number of carbonyl (C=O) groups is 2. The normalized spacial score (nSPS) is 14.7. The second kappa shape index (κ2) is 8.31. The van der Waals surface area contributed by atoms with Crippen molar-refractivity contribution in [2.45, 2.75) is 50.4 Å². The molecule has 2 heterocycles. The van der Waals surface area contributed by atoms with E-state index in [0.29, 0.717) is 11.2 Å². The van der Waals surface area contributed by atoms with Gasteiger partial charge < -0.3 is 5.32 Å². The van der Waals surface area contributed by atoms with Crippen LogP contribution in [-0.4, -0.2) is 43.5 Å². The fourth-order valence-electron chi connectivity index (χ4n) is 2.38. The summed E-state index contributed by atoms with van der Waals surface area (Å²) >= 11 is 1.28. The van der Waals surface area contributed by atoms with Crippen LogP contribution < -0.4 is 10.6 Å². The minimum absolute atomic E-state index is 0.0236. The van der Waals surface area contributed by atoms with E-state index in [1.165, 1.54) is 11.8 Å². The number of urea groups is 1. The monoisotopic (exact) mass is 374 g/mol.